The van der Waals surface area contributed by atoms with E-state index >= 15 is 0 Å². The summed E-state index contributed by atoms with van der Waals surface area (Å²) in [6, 6.07) is 5.34. The number of hydrogen-bond donors (Lipinski definition) is 0. The number of nitrogens with zero attached hydrogens (tertiary/aromatic N) is 2. The number of carbonyl (C=O) groups excluding carboxylic acids is 3. The molecule has 0 unspecified atom stereocenters. The number of amides is 1. The van der Waals surface area contributed by atoms with Gasteiger partial charge in [-0.15, -0.1) is 11.3 Å². The molecule has 6 nitrogen and oxygen atoms in total. The minimum Gasteiger partial charge on any atom is -0.456 e. The van der Waals surface area contributed by atoms with Crippen molar-refractivity contribution < 1.29 is 19.1 Å². The Morgan fingerprint density at radius 3 is 2.68 bits per heavy atom. The van der Waals surface area contributed by atoms with Gasteiger partial charge in [-0.3, -0.25) is 9.59 Å². The van der Waals surface area contributed by atoms with Crippen LogP contribution in [0.1, 0.15) is 63.1 Å². The normalized spacial score (nSPS) is 19.1. The Morgan fingerprint density at radius 1 is 1.21 bits per heavy atom. The van der Waals surface area contributed by atoms with Crippen LogP contribution in [0.3, 0.4) is 0 Å². The van der Waals surface area contributed by atoms with E-state index < -0.39 is 12.0 Å². The molecule has 2 aromatic rings. The number of aryl methyl sites for hydroxylation is 1. The lowest BCUT2D eigenvalue weighted by Gasteiger charge is -2.22. The van der Waals surface area contributed by atoms with Crippen LogP contribution < -0.4 is 0 Å². The molecule has 1 amide bonds. The van der Waals surface area contributed by atoms with Crippen LogP contribution >= 0.6 is 11.3 Å². The van der Waals surface area contributed by atoms with Gasteiger partial charge in [-0.2, -0.15) is 0 Å². The monoisotopic (exact) mass is 400 g/mol. The second kappa shape index (κ2) is 7.54. The van der Waals surface area contributed by atoms with Gasteiger partial charge in [0, 0.05) is 29.5 Å². The minimum absolute atomic E-state index is 0.145. The van der Waals surface area contributed by atoms with Crippen LogP contribution in [-0.2, 0) is 9.53 Å². The topological polar surface area (TPSA) is 68.6 Å². The van der Waals surface area contributed by atoms with Gasteiger partial charge in [0.05, 0.1) is 4.88 Å². The van der Waals surface area contributed by atoms with E-state index in [1.165, 1.54) is 11.3 Å². The summed E-state index contributed by atoms with van der Waals surface area (Å²) in [6.07, 6.45) is 3.62. The summed E-state index contributed by atoms with van der Waals surface area (Å²) in [5, 5.41) is 1.84. The third-order valence-corrected chi connectivity index (χ3v) is 6.42. The lowest BCUT2D eigenvalue weighted by atomic mass is 10.1. The van der Waals surface area contributed by atoms with Crippen molar-refractivity contribution in [2.75, 3.05) is 13.2 Å². The third-order valence-electron chi connectivity index (χ3n) is 5.56. The Bertz CT molecular complexity index is 911. The molecular weight excluding hydrogens is 376 g/mol. The molecule has 28 heavy (non-hydrogen) atoms. The second-order valence-corrected chi connectivity index (χ2v) is 8.50. The molecule has 0 radical (unpaired) electrons. The molecule has 1 aliphatic carbocycles. The van der Waals surface area contributed by atoms with Crippen molar-refractivity contribution >= 4 is 29.0 Å². The maximum Gasteiger partial charge on any atom is 0.329 e. The largest absolute Gasteiger partial charge is 0.456 e. The number of thiophene rings is 1. The Hall–Kier alpha value is -2.41. The first kappa shape index (κ1) is 18.9. The summed E-state index contributed by atoms with van der Waals surface area (Å²) in [4.78, 5) is 40.0. The van der Waals surface area contributed by atoms with Crippen LogP contribution in [0.5, 0.6) is 0 Å². The van der Waals surface area contributed by atoms with Crippen molar-refractivity contribution in [3.8, 4) is 0 Å². The number of rotatable bonds is 6. The van der Waals surface area contributed by atoms with Gasteiger partial charge in [-0.05, 0) is 57.0 Å². The molecule has 1 saturated heterocycles. The summed E-state index contributed by atoms with van der Waals surface area (Å²) in [7, 11) is 0. The molecule has 0 aromatic carbocycles. The van der Waals surface area contributed by atoms with E-state index in [9.17, 15) is 14.4 Å². The molecule has 2 aromatic heterocycles. The molecule has 1 saturated carbocycles. The molecule has 7 heteroatoms. The van der Waals surface area contributed by atoms with Crippen molar-refractivity contribution in [1.29, 1.82) is 0 Å². The van der Waals surface area contributed by atoms with Crippen molar-refractivity contribution in [3.05, 3.63) is 45.4 Å². The van der Waals surface area contributed by atoms with Gasteiger partial charge in [-0.25, -0.2) is 4.79 Å². The smallest absolute Gasteiger partial charge is 0.329 e. The average Bonchev–Trinajstić information content (AvgIpc) is 3.11. The Morgan fingerprint density at radius 2 is 2.00 bits per heavy atom. The van der Waals surface area contributed by atoms with Crippen LogP contribution in [0.4, 0.5) is 0 Å². The molecule has 1 atom stereocenters. The van der Waals surface area contributed by atoms with Crippen molar-refractivity contribution in [1.82, 2.24) is 9.47 Å². The molecule has 2 aliphatic rings. The summed E-state index contributed by atoms with van der Waals surface area (Å²) in [6.45, 7) is 4.19. The molecule has 0 N–H and O–H groups in total. The average molecular weight is 401 g/mol. The maximum atomic E-state index is 12.6. The van der Waals surface area contributed by atoms with Gasteiger partial charge in [0.2, 0.25) is 5.78 Å². The van der Waals surface area contributed by atoms with Crippen LogP contribution in [0.2, 0.25) is 0 Å². The highest BCUT2D eigenvalue weighted by molar-refractivity contribution is 7.12. The molecule has 3 heterocycles. The highest BCUT2D eigenvalue weighted by atomic mass is 32.1. The number of esters is 1. The van der Waals surface area contributed by atoms with Crippen molar-refractivity contribution in [2.24, 2.45) is 0 Å². The molecular formula is C21H24N2O4S. The van der Waals surface area contributed by atoms with Crippen LogP contribution in [0.15, 0.2) is 23.6 Å². The zero-order valence-corrected chi connectivity index (χ0v) is 17.0. The third kappa shape index (κ3) is 3.51. The summed E-state index contributed by atoms with van der Waals surface area (Å²) >= 11 is 1.36. The van der Waals surface area contributed by atoms with E-state index in [0.29, 0.717) is 29.4 Å². The molecule has 2 fully saturated rings. The van der Waals surface area contributed by atoms with E-state index in [2.05, 4.69) is 4.57 Å². The lowest BCUT2D eigenvalue weighted by molar-refractivity contribution is -0.147. The van der Waals surface area contributed by atoms with Gasteiger partial charge < -0.3 is 14.2 Å². The lowest BCUT2D eigenvalue weighted by Crippen LogP contribution is -2.41. The van der Waals surface area contributed by atoms with E-state index in [1.54, 1.807) is 11.0 Å². The van der Waals surface area contributed by atoms with E-state index in [0.717, 1.165) is 30.7 Å². The van der Waals surface area contributed by atoms with Crippen LogP contribution in [0, 0.1) is 13.8 Å². The summed E-state index contributed by atoms with van der Waals surface area (Å²) in [5.41, 5.74) is 2.63. The quantitative estimate of drug-likeness (QED) is 0.549. The Labute approximate surface area is 168 Å². The number of carbonyl (C=O) groups is 3. The standard InChI is InChI=1S/C21H24N2O4S/c1-13-11-16(14(2)23(13)15-7-8-15)18(24)12-27-21(26)17-5-3-9-22(17)20(25)19-6-4-10-28-19/h4,6,10-11,15,17H,3,5,7-9,12H2,1-2H3/t17-/m0/s1. The van der Waals surface area contributed by atoms with Gasteiger partial charge in [0.1, 0.15) is 6.04 Å². The maximum absolute atomic E-state index is 12.6. The van der Waals surface area contributed by atoms with Gasteiger partial charge in [-0.1, -0.05) is 6.07 Å². The van der Waals surface area contributed by atoms with Gasteiger partial charge in [0.25, 0.3) is 5.91 Å². The van der Waals surface area contributed by atoms with Gasteiger partial charge >= 0.3 is 5.97 Å². The number of ketones is 1. The second-order valence-electron chi connectivity index (χ2n) is 7.55. The van der Waals surface area contributed by atoms with Crippen molar-refractivity contribution in [3.63, 3.8) is 0 Å². The molecule has 148 valence electrons. The number of aromatic nitrogens is 1. The number of likely N-dealkylation sites (tertiary alicyclic amines) is 1. The Kier molecular flexibility index (Phi) is 5.10. The molecule has 1 aliphatic heterocycles. The fourth-order valence-electron chi connectivity index (χ4n) is 4.06. The molecule has 4 rings (SSSR count). The first-order valence-electron chi connectivity index (χ1n) is 9.70. The zero-order valence-electron chi connectivity index (χ0n) is 16.1. The first-order valence-corrected chi connectivity index (χ1v) is 10.6. The molecule has 0 bridgehead atoms. The zero-order chi connectivity index (χ0) is 19.8. The fraction of sp³-hybridized carbons (Fsp3) is 0.476. The fourth-order valence-corrected chi connectivity index (χ4v) is 4.74. The van der Waals surface area contributed by atoms with E-state index in [-0.39, 0.29) is 18.3 Å². The van der Waals surface area contributed by atoms with Crippen LogP contribution in [-0.4, -0.2) is 46.3 Å². The van der Waals surface area contributed by atoms with E-state index in [1.807, 2.05) is 31.4 Å². The van der Waals surface area contributed by atoms with Crippen LogP contribution in [0.25, 0.3) is 0 Å². The predicted octanol–water partition coefficient (Wildman–Crippen LogP) is 3.53. The summed E-state index contributed by atoms with van der Waals surface area (Å²) in [5.74, 6) is -0.831. The number of Topliss-reactive ketones (excluding diaryl/α,β-unsaturated/α-hetero) is 1. The SMILES string of the molecule is Cc1cc(C(=O)COC(=O)[C@@H]2CCCN2C(=O)c2cccs2)c(C)n1C1CC1. The van der Waals surface area contributed by atoms with Gasteiger partial charge in [0.15, 0.2) is 6.61 Å². The molecule has 0 spiro atoms. The summed E-state index contributed by atoms with van der Waals surface area (Å²) < 4.78 is 7.53. The van der Waals surface area contributed by atoms with E-state index in [4.69, 9.17) is 4.74 Å². The number of hydrogen-bond acceptors (Lipinski definition) is 5. The highest BCUT2D eigenvalue weighted by Gasteiger charge is 2.36. The minimum atomic E-state index is -0.610. The highest BCUT2D eigenvalue weighted by Crippen LogP contribution is 2.38. The predicted molar refractivity (Wildman–Crippen MR) is 106 cm³/mol. The Balaban J connectivity index is 1.39. The number of ether oxygens (including phenoxy) is 1. The first-order chi connectivity index (χ1) is 13.5. The van der Waals surface area contributed by atoms with Crippen molar-refractivity contribution in [2.45, 2.75) is 51.6 Å².